The molecule has 1 amide bonds. The number of rotatable bonds is 6. The van der Waals surface area contributed by atoms with Crippen molar-refractivity contribution < 1.29 is 4.79 Å². The van der Waals surface area contributed by atoms with Crippen LogP contribution in [0.5, 0.6) is 0 Å². The molecule has 4 heterocycles. The molecule has 0 saturated carbocycles. The van der Waals surface area contributed by atoms with Gasteiger partial charge in [0.2, 0.25) is 11.9 Å². The number of anilines is 1. The highest BCUT2D eigenvalue weighted by molar-refractivity contribution is 7.09. The van der Waals surface area contributed by atoms with Gasteiger partial charge in [0.05, 0.1) is 17.1 Å². The lowest BCUT2D eigenvalue weighted by molar-refractivity contribution is -0.130. The summed E-state index contributed by atoms with van der Waals surface area (Å²) in [6.45, 7) is 2.88. The maximum atomic E-state index is 12.6. The molecule has 1 fully saturated rings. The predicted molar refractivity (Wildman–Crippen MR) is 108 cm³/mol. The molecule has 0 atom stereocenters. The molecule has 0 spiro atoms. The number of nitrogens with zero attached hydrogens (tertiary/aromatic N) is 6. The summed E-state index contributed by atoms with van der Waals surface area (Å²) in [5.41, 5.74) is 1.93. The third kappa shape index (κ3) is 4.69. The first-order valence-corrected chi connectivity index (χ1v) is 10.3. The second-order valence-corrected chi connectivity index (χ2v) is 7.59. The van der Waals surface area contributed by atoms with Crippen molar-refractivity contribution in [3.8, 4) is 0 Å². The van der Waals surface area contributed by atoms with Gasteiger partial charge in [0.25, 0.3) is 0 Å². The van der Waals surface area contributed by atoms with E-state index in [9.17, 15) is 4.79 Å². The molecule has 1 saturated heterocycles. The van der Waals surface area contributed by atoms with Crippen LogP contribution < -0.4 is 4.90 Å². The zero-order valence-corrected chi connectivity index (χ0v) is 16.4. The second-order valence-electron chi connectivity index (χ2n) is 6.65. The molecule has 1 aliphatic heterocycles. The molecule has 144 valence electrons. The Bertz CT molecular complexity index is 893. The summed E-state index contributed by atoms with van der Waals surface area (Å²) in [6.07, 6.45) is 7.38. The number of aryl methyl sites for hydroxylation is 2. The normalized spacial score (nSPS) is 14.3. The maximum Gasteiger partial charge on any atom is 0.228 e. The van der Waals surface area contributed by atoms with Crippen LogP contribution in [-0.2, 0) is 24.1 Å². The Morgan fingerprint density at radius 3 is 2.46 bits per heavy atom. The smallest absolute Gasteiger partial charge is 0.228 e. The van der Waals surface area contributed by atoms with Crippen molar-refractivity contribution in [1.29, 1.82) is 0 Å². The van der Waals surface area contributed by atoms with Crippen molar-refractivity contribution in [3.63, 3.8) is 0 Å². The molecule has 3 aromatic heterocycles. The largest absolute Gasteiger partial charge is 0.339 e. The Morgan fingerprint density at radius 1 is 0.929 bits per heavy atom. The predicted octanol–water partition coefficient (Wildman–Crippen LogP) is 2.00. The van der Waals surface area contributed by atoms with Crippen molar-refractivity contribution in [2.75, 3.05) is 31.1 Å². The number of amides is 1. The van der Waals surface area contributed by atoms with Gasteiger partial charge in [0.1, 0.15) is 0 Å². The number of hydrogen-bond donors (Lipinski definition) is 0. The Hall–Kier alpha value is -2.87. The highest BCUT2D eigenvalue weighted by Crippen LogP contribution is 2.15. The molecule has 0 unspecified atom stereocenters. The molecule has 0 bridgehead atoms. The van der Waals surface area contributed by atoms with Gasteiger partial charge in [0, 0.05) is 62.3 Å². The number of pyridine rings is 1. The van der Waals surface area contributed by atoms with E-state index in [0.29, 0.717) is 19.5 Å². The van der Waals surface area contributed by atoms with E-state index in [4.69, 9.17) is 0 Å². The van der Waals surface area contributed by atoms with Gasteiger partial charge in [-0.15, -0.1) is 11.3 Å². The third-order valence-electron chi connectivity index (χ3n) is 4.72. The highest BCUT2D eigenvalue weighted by atomic mass is 32.1. The van der Waals surface area contributed by atoms with Gasteiger partial charge >= 0.3 is 0 Å². The Kier molecular flexibility index (Phi) is 5.86. The van der Waals surface area contributed by atoms with Crippen LogP contribution in [-0.4, -0.2) is 56.9 Å². The zero-order valence-electron chi connectivity index (χ0n) is 15.6. The summed E-state index contributed by atoms with van der Waals surface area (Å²) < 4.78 is 0. The van der Waals surface area contributed by atoms with Crippen LogP contribution >= 0.6 is 11.3 Å². The van der Waals surface area contributed by atoms with E-state index in [2.05, 4.69) is 24.8 Å². The number of thiazole rings is 1. The number of carbonyl (C=O) groups excluding carboxylic acids is 1. The first-order valence-electron chi connectivity index (χ1n) is 9.41. The Balaban J connectivity index is 1.26. The number of aromatic nitrogens is 4. The van der Waals surface area contributed by atoms with Crippen molar-refractivity contribution in [1.82, 2.24) is 24.8 Å². The molecule has 0 aliphatic carbocycles. The van der Waals surface area contributed by atoms with Crippen LogP contribution in [0.2, 0.25) is 0 Å². The average Bonchev–Trinajstić information content (AvgIpc) is 3.21. The number of hydrogen-bond acceptors (Lipinski definition) is 7. The first kappa shape index (κ1) is 18.5. The summed E-state index contributed by atoms with van der Waals surface area (Å²) in [5.74, 6) is 0.863. The van der Waals surface area contributed by atoms with E-state index in [0.717, 1.165) is 48.3 Å². The van der Waals surface area contributed by atoms with Gasteiger partial charge in [-0.05, 0) is 24.6 Å². The lowest BCUT2D eigenvalue weighted by atomic mass is 10.2. The molecule has 7 nitrogen and oxygen atoms in total. The Morgan fingerprint density at radius 2 is 1.71 bits per heavy atom. The molecule has 0 N–H and O–H groups in total. The summed E-state index contributed by atoms with van der Waals surface area (Å²) in [7, 11) is 0. The zero-order chi connectivity index (χ0) is 19.2. The summed E-state index contributed by atoms with van der Waals surface area (Å²) in [4.78, 5) is 34.2. The molecule has 8 heteroatoms. The van der Waals surface area contributed by atoms with E-state index in [1.54, 1.807) is 23.7 Å². The van der Waals surface area contributed by atoms with E-state index in [1.807, 2.05) is 40.7 Å². The third-order valence-corrected chi connectivity index (χ3v) is 5.68. The van der Waals surface area contributed by atoms with E-state index in [1.165, 1.54) is 0 Å². The van der Waals surface area contributed by atoms with E-state index in [-0.39, 0.29) is 5.91 Å². The molecule has 4 rings (SSSR count). The second kappa shape index (κ2) is 8.88. The summed E-state index contributed by atoms with van der Waals surface area (Å²) >= 11 is 1.62. The van der Waals surface area contributed by atoms with Crippen LogP contribution in [0.1, 0.15) is 16.4 Å². The van der Waals surface area contributed by atoms with Crippen molar-refractivity contribution in [2.24, 2.45) is 0 Å². The quantitative estimate of drug-likeness (QED) is 0.637. The van der Waals surface area contributed by atoms with Gasteiger partial charge in [0.15, 0.2) is 0 Å². The van der Waals surface area contributed by atoms with E-state index >= 15 is 0 Å². The van der Waals surface area contributed by atoms with E-state index < -0.39 is 0 Å². The van der Waals surface area contributed by atoms with Crippen molar-refractivity contribution >= 4 is 23.2 Å². The minimum Gasteiger partial charge on any atom is -0.339 e. The van der Waals surface area contributed by atoms with Crippen LogP contribution in [0, 0.1) is 0 Å². The van der Waals surface area contributed by atoms with Gasteiger partial charge in [-0.25, -0.2) is 15.0 Å². The maximum absolute atomic E-state index is 12.6. The molecule has 28 heavy (non-hydrogen) atoms. The SMILES string of the molecule is O=C(Cc1csc(CCc2ccccn2)n1)N1CCN(c2ncccn2)CC1. The van der Waals surface area contributed by atoms with Crippen LogP contribution in [0.15, 0.2) is 48.2 Å². The number of piperazine rings is 1. The van der Waals surface area contributed by atoms with Crippen molar-refractivity contribution in [2.45, 2.75) is 19.3 Å². The number of carbonyl (C=O) groups is 1. The lowest BCUT2D eigenvalue weighted by Crippen LogP contribution is -2.49. The minimum absolute atomic E-state index is 0.134. The van der Waals surface area contributed by atoms with Crippen LogP contribution in [0.4, 0.5) is 5.95 Å². The average molecular weight is 395 g/mol. The first-order chi connectivity index (χ1) is 13.8. The topological polar surface area (TPSA) is 75.1 Å². The molecule has 0 aromatic carbocycles. The molecule has 0 radical (unpaired) electrons. The van der Waals surface area contributed by atoms with Gasteiger partial charge in [-0.1, -0.05) is 6.07 Å². The van der Waals surface area contributed by atoms with Gasteiger partial charge < -0.3 is 9.80 Å². The standard InChI is InChI=1S/C20H22N6OS/c27-19(25-10-12-26(13-11-25)20-22-8-3-9-23-20)14-17-15-28-18(24-17)6-5-16-4-1-2-7-21-16/h1-4,7-9,15H,5-6,10-14H2. The van der Waals surface area contributed by atoms with Crippen LogP contribution in [0.3, 0.4) is 0 Å². The van der Waals surface area contributed by atoms with Gasteiger partial charge in [-0.2, -0.15) is 0 Å². The molecular weight excluding hydrogens is 372 g/mol. The monoisotopic (exact) mass is 394 g/mol. The van der Waals surface area contributed by atoms with Gasteiger partial charge in [-0.3, -0.25) is 9.78 Å². The fraction of sp³-hybridized carbons (Fsp3) is 0.350. The molecule has 3 aromatic rings. The Labute approximate surface area is 168 Å². The summed E-state index contributed by atoms with van der Waals surface area (Å²) in [5, 5.41) is 3.05. The molecular formula is C20H22N6OS. The fourth-order valence-corrected chi connectivity index (χ4v) is 4.00. The summed E-state index contributed by atoms with van der Waals surface area (Å²) in [6, 6.07) is 7.75. The lowest BCUT2D eigenvalue weighted by Gasteiger charge is -2.34. The fourth-order valence-electron chi connectivity index (χ4n) is 3.20. The van der Waals surface area contributed by atoms with Crippen molar-refractivity contribution in [3.05, 3.63) is 64.6 Å². The molecule has 1 aliphatic rings. The minimum atomic E-state index is 0.134. The highest BCUT2D eigenvalue weighted by Gasteiger charge is 2.23. The van der Waals surface area contributed by atoms with Crippen LogP contribution in [0.25, 0.3) is 0 Å².